The van der Waals surface area contributed by atoms with Gasteiger partial charge in [-0.3, -0.25) is 4.79 Å². The topological polar surface area (TPSA) is 56.8 Å². The molecule has 2 aromatic rings. The van der Waals surface area contributed by atoms with Crippen molar-refractivity contribution < 1.29 is 19.0 Å². The summed E-state index contributed by atoms with van der Waals surface area (Å²) in [6, 6.07) is 15.4. The van der Waals surface area contributed by atoms with E-state index in [1.807, 2.05) is 48.5 Å². The van der Waals surface area contributed by atoms with Crippen molar-refractivity contribution >= 4 is 5.91 Å². The zero-order valence-corrected chi connectivity index (χ0v) is 16.3. The van der Waals surface area contributed by atoms with Gasteiger partial charge in [0, 0.05) is 0 Å². The van der Waals surface area contributed by atoms with Crippen LogP contribution >= 0.6 is 0 Å². The van der Waals surface area contributed by atoms with Crippen molar-refractivity contribution in [2.75, 3.05) is 13.2 Å². The molecule has 27 heavy (non-hydrogen) atoms. The minimum atomic E-state index is -0.595. The second-order valence-electron chi connectivity index (χ2n) is 7.78. The fourth-order valence-electron chi connectivity index (χ4n) is 2.81. The highest BCUT2D eigenvalue weighted by Gasteiger charge is 2.23. The average Bonchev–Trinajstić information content (AvgIpc) is 2.65. The summed E-state index contributed by atoms with van der Waals surface area (Å²) in [6.45, 7) is 8.99. The predicted octanol–water partition coefficient (Wildman–Crippen LogP) is 3.71. The second-order valence-corrected chi connectivity index (χ2v) is 7.78. The van der Waals surface area contributed by atoms with E-state index >= 15 is 0 Å². The van der Waals surface area contributed by atoms with Crippen LogP contribution in [0.2, 0.25) is 0 Å². The molecule has 1 N–H and O–H groups in total. The molecule has 5 nitrogen and oxygen atoms in total. The number of para-hydroxylation sites is 2. The molecule has 0 bridgehead atoms. The van der Waals surface area contributed by atoms with Crippen molar-refractivity contribution in [3.8, 4) is 17.2 Å². The first-order valence-corrected chi connectivity index (χ1v) is 9.26. The van der Waals surface area contributed by atoms with Gasteiger partial charge in [0.15, 0.2) is 17.6 Å². The first-order valence-electron chi connectivity index (χ1n) is 9.26. The Hall–Kier alpha value is -2.69. The summed E-state index contributed by atoms with van der Waals surface area (Å²) in [6.07, 6.45) is -0.815. The van der Waals surface area contributed by atoms with E-state index in [1.54, 1.807) is 6.92 Å². The molecule has 0 saturated carbocycles. The lowest BCUT2D eigenvalue weighted by Crippen LogP contribution is -2.44. The quantitative estimate of drug-likeness (QED) is 0.873. The van der Waals surface area contributed by atoms with E-state index in [0.717, 1.165) is 5.75 Å². The van der Waals surface area contributed by atoms with Crippen molar-refractivity contribution in [1.29, 1.82) is 0 Å². The van der Waals surface area contributed by atoms with Gasteiger partial charge in [-0.2, -0.15) is 0 Å². The minimum Gasteiger partial charge on any atom is -0.486 e. The zero-order chi connectivity index (χ0) is 19.4. The maximum absolute atomic E-state index is 12.3. The van der Waals surface area contributed by atoms with E-state index in [-0.39, 0.29) is 17.4 Å². The molecule has 0 aliphatic carbocycles. The number of rotatable bonds is 5. The van der Waals surface area contributed by atoms with Gasteiger partial charge in [-0.25, -0.2) is 0 Å². The van der Waals surface area contributed by atoms with Crippen molar-refractivity contribution in [2.24, 2.45) is 0 Å². The second kappa shape index (κ2) is 7.91. The van der Waals surface area contributed by atoms with Crippen LogP contribution in [0.1, 0.15) is 33.3 Å². The highest BCUT2D eigenvalue weighted by atomic mass is 16.6. The van der Waals surface area contributed by atoms with Crippen molar-refractivity contribution in [1.82, 2.24) is 5.32 Å². The van der Waals surface area contributed by atoms with E-state index in [0.29, 0.717) is 24.7 Å². The maximum atomic E-state index is 12.3. The summed E-state index contributed by atoms with van der Waals surface area (Å²) < 4.78 is 17.3. The molecule has 0 unspecified atom stereocenters. The normalized spacial score (nSPS) is 17.1. The number of fused-ring (bicyclic) bond motifs is 1. The summed E-state index contributed by atoms with van der Waals surface area (Å²) >= 11 is 0. The number of carbonyl (C=O) groups excluding carboxylic acids is 1. The molecule has 1 aliphatic rings. The number of amides is 1. The largest absolute Gasteiger partial charge is 0.486 e. The first kappa shape index (κ1) is 19.1. The van der Waals surface area contributed by atoms with Crippen LogP contribution in [0.3, 0.4) is 0 Å². The van der Waals surface area contributed by atoms with Crippen molar-refractivity contribution in [3.63, 3.8) is 0 Å². The van der Waals surface area contributed by atoms with Gasteiger partial charge in [0.1, 0.15) is 18.5 Å². The minimum absolute atomic E-state index is 0.0855. The van der Waals surface area contributed by atoms with Gasteiger partial charge >= 0.3 is 0 Å². The van der Waals surface area contributed by atoms with E-state index in [4.69, 9.17) is 14.2 Å². The Morgan fingerprint density at radius 1 is 1.15 bits per heavy atom. The summed E-state index contributed by atoms with van der Waals surface area (Å²) in [5.74, 6) is 1.93. The first-order chi connectivity index (χ1) is 12.8. The van der Waals surface area contributed by atoms with E-state index in [2.05, 4.69) is 26.1 Å². The van der Waals surface area contributed by atoms with Crippen LogP contribution in [0, 0.1) is 0 Å². The molecule has 2 aromatic carbocycles. The van der Waals surface area contributed by atoms with Crippen LogP contribution in [-0.2, 0) is 10.2 Å². The number of hydrogen-bond donors (Lipinski definition) is 1. The summed E-state index contributed by atoms with van der Waals surface area (Å²) in [5.41, 5.74) is 1.31. The molecular formula is C22H27NO4. The lowest BCUT2D eigenvalue weighted by molar-refractivity contribution is -0.127. The Morgan fingerprint density at radius 3 is 2.48 bits per heavy atom. The standard InChI is InChI=1S/C22H27NO4/c1-15(26-17-11-9-16(10-12-17)22(2,3)4)21(24)23-13-18-14-25-19-7-5-6-8-20(19)27-18/h5-12,15,18H,13-14H2,1-4H3,(H,23,24)/t15-,18+/m0/s1. The number of nitrogens with one attached hydrogen (secondary N) is 1. The molecular weight excluding hydrogens is 342 g/mol. The molecule has 0 spiro atoms. The SMILES string of the molecule is C[C@H](Oc1ccc(C(C)(C)C)cc1)C(=O)NC[C@@H]1COc2ccccc2O1. The summed E-state index contributed by atoms with van der Waals surface area (Å²) in [4.78, 5) is 12.3. The lowest BCUT2D eigenvalue weighted by Gasteiger charge is -2.27. The Bertz CT molecular complexity index is 780. The van der Waals surface area contributed by atoms with Crippen LogP contribution in [0.5, 0.6) is 17.2 Å². The van der Waals surface area contributed by atoms with Crippen molar-refractivity contribution in [2.45, 2.75) is 45.3 Å². The van der Waals surface area contributed by atoms with E-state index in [1.165, 1.54) is 5.56 Å². The van der Waals surface area contributed by atoms with Crippen LogP contribution in [0.25, 0.3) is 0 Å². The summed E-state index contributed by atoms with van der Waals surface area (Å²) in [5, 5.41) is 2.87. The number of ether oxygens (including phenoxy) is 3. The summed E-state index contributed by atoms with van der Waals surface area (Å²) in [7, 11) is 0. The molecule has 2 atom stereocenters. The van der Waals surface area contributed by atoms with Crippen LogP contribution in [0.4, 0.5) is 0 Å². The van der Waals surface area contributed by atoms with Gasteiger partial charge in [-0.1, -0.05) is 45.0 Å². The number of benzene rings is 2. The highest BCUT2D eigenvalue weighted by molar-refractivity contribution is 5.80. The van der Waals surface area contributed by atoms with Gasteiger partial charge in [-0.15, -0.1) is 0 Å². The van der Waals surface area contributed by atoms with Crippen LogP contribution in [-0.4, -0.2) is 31.3 Å². The average molecular weight is 369 g/mol. The predicted molar refractivity (Wildman–Crippen MR) is 105 cm³/mol. The molecule has 0 radical (unpaired) electrons. The third-order valence-electron chi connectivity index (χ3n) is 4.47. The number of carbonyl (C=O) groups is 1. The molecule has 0 saturated heterocycles. The lowest BCUT2D eigenvalue weighted by atomic mass is 9.87. The molecule has 0 aromatic heterocycles. The Balaban J connectivity index is 1.48. The Morgan fingerprint density at radius 2 is 1.81 bits per heavy atom. The molecule has 5 heteroatoms. The van der Waals surface area contributed by atoms with Gasteiger partial charge in [-0.05, 0) is 42.2 Å². The molecule has 3 rings (SSSR count). The molecule has 144 valence electrons. The smallest absolute Gasteiger partial charge is 0.260 e. The fourth-order valence-corrected chi connectivity index (χ4v) is 2.81. The highest BCUT2D eigenvalue weighted by Crippen LogP contribution is 2.30. The van der Waals surface area contributed by atoms with Gasteiger partial charge in [0.25, 0.3) is 5.91 Å². The Labute approximate surface area is 160 Å². The monoisotopic (exact) mass is 369 g/mol. The Kier molecular flexibility index (Phi) is 5.59. The molecule has 0 fully saturated rings. The van der Waals surface area contributed by atoms with Crippen LogP contribution in [0.15, 0.2) is 48.5 Å². The van der Waals surface area contributed by atoms with Gasteiger partial charge < -0.3 is 19.5 Å². The fraction of sp³-hybridized carbons (Fsp3) is 0.409. The van der Waals surface area contributed by atoms with Gasteiger partial charge in [0.2, 0.25) is 0 Å². The molecule has 1 heterocycles. The van der Waals surface area contributed by atoms with Crippen LogP contribution < -0.4 is 19.5 Å². The van der Waals surface area contributed by atoms with Crippen molar-refractivity contribution in [3.05, 3.63) is 54.1 Å². The maximum Gasteiger partial charge on any atom is 0.260 e. The number of hydrogen-bond acceptors (Lipinski definition) is 4. The van der Waals surface area contributed by atoms with E-state index in [9.17, 15) is 4.79 Å². The van der Waals surface area contributed by atoms with Gasteiger partial charge in [0.05, 0.1) is 6.54 Å². The van der Waals surface area contributed by atoms with E-state index < -0.39 is 6.10 Å². The molecule has 1 amide bonds. The third-order valence-corrected chi connectivity index (χ3v) is 4.47. The zero-order valence-electron chi connectivity index (χ0n) is 16.3. The molecule has 1 aliphatic heterocycles. The third kappa shape index (κ3) is 4.94.